The maximum atomic E-state index is 12.9. The van der Waals surface area contributed by atoms with Crippen molar-refractivity contribution < 1.29 is 109 Å². The van der Waals surface area contributed by atoms with E-state index in [2.05, 4.69) is 33.8 Å². The van der Waals surface area contributed by atoms with Crippen LogP contribution in [0.25, 0.3) is 0 Å². The van der Waals surface area contributed by atoms with Crippen LogP contribution in [0.1, 0.15) is 113 Å². The third-order valence-electron chi connectivity index (χ3n) is 20.1. The molecule has 0 radical (unpaired) electrons. The van der Waals surface area contributed by atoms with Gasteiger partial charge in [0.2, 0.25) is 0 Å². The first kappa shape index (κ1) is 55.3. The molecule has 0 unspecified atom stereocenters. The molecule has 11 N–H and O–H groups in total. The quantitative estimate of drug-likeness (QED) is 0.0759. The van der Waals surface area contributed by atoms with Crippen molar-refractivity contribution >= 4 is 23.9 Å². The van der Waals surface area contributed by atoms with Crippen LogP contribution >= 0.6 is 0 Å². The molecule has 3 aliphatic heterocycles. The van der Waals surface area contributed by atoms with Crippen LogP contribution in [0.5, 0.6) is 0 Å². The van der Waals surface area contributed by atoms with Crippen molar-refractivity contribution in [3.05, 3.63) is 11.6 Å². The van der Waals surface area contributed by atoms with Crippen molar-refractivity contribution in [2.75, 3.05) is 6.61 Å². The summed E-state index contributed by atoms with van der Waals surface area (Å²) in [5, 5.41) is 119. The van der Waals surface area contributed by atoms with E-state index in [4.69, 9.17) is 33.2 Å². The molecule has 7 fully saturated rings. The Bertz CT molecular complexity index is 2120. The molecule has 0 aromatic heterocycles. The second-order valence-electron chi connectivity index (χ2n) is 23.9. The van der Waals surface area contributed by atoms with Crippen LogP contribution in [-0.4, -0.2) is 191 Å². The molecule has 3 heterocycles. The molecule has 8 rings (SSSR count). The number of fused-ring (bicyclic) bond motifs is 7. The molecule has 22 nitrogen and oxygen atoms in total. The third kappa shape index (κ3) is 8.55. The lowest BCUT2D eigenvalue weighted by molar-refractivity contribution is -0.393. The lowest BCUT2D eigenvalue weighted by atomic mass is 9.33. The Morgan fingerprint density at radius 3 is 1.74 bits per heavy atom. The van der Waals surface area contributed by atoms with Gasteiger partial charge in [-0.3, -0.25) is 9.59 Å². The SMILES string of the molecule is CC(=O)O[C@@H]1C[C@](C)(C(=O)O)C[C@H]2C3=CC[C@@H]4[C@@]5(C)CC[C@H](O[C@H]6O[C@H](C(=O)O)[C@@H](O)[C@H](O)[C@H]6O[C@@H]6O[C@H](C(=O)O)[C@@H](O)[C@H](O)[C@H]6O[C@H]6O[C@H](C)[C@@H](O)[C@H](O)[C@@H]6O)[C@](C)(CO)[C@@H]5CC[C@@]4(C)[C@]3(C)CC[C@@]12C. The number of hydrogen-bond donors (Lipinski definition) is 11. The average molecular weight is 1030 g/mol. The van der Waals surface area contributed by atoms with Crippen molar-refractivity contribution in [2.24, 2.45) is 50.2 Å². The molecule has 408 valence electrons. The maximum absolute atomic E-state index is 12.9. The molecule has 0 spiro atoms. The second-order valence-corrected chi connectivity index (χ2v) is 23.9. The van der Waals surface area contributed by atoms with Crippen molar-refractivity contribution in [2.45, 2.75) is 218 Å². The van der Waals surface area contributed by atoms with E-state index in [1.165, 1.54) is 19.4 Å². The van der Waals surface area contributed by atoms with Gasteiger partial charge in [0, 0.05) is 24.2 Å². The fourth-order valence-corrected chi connectivity index (χ4v) is 15.4. The minimum atomic E-state index is -2.19. The number of aliphatic hydroxyl groups excluding tert-OH is 8. The largest absolute Gasteiger partial charge is 0.481 e. The number of rotatable bonds is 11. The Morgan fingerprint density at radius 1 is 0.625 bits per heavy atom. The summed E-state index contributed by atoms with van der Waals surface area (Å²) in [6.45, 7) is 14.9. The van der Waals surface area contributed by atoms with E-state index in [1.54, 1.807) is 6.92 Å². The molecule has 72 heavy (non-hydrogen) atoms. The van der Waals surface area contributed by atoms with Crippen LogP contribution in [0.3, 0.4) is 0 Å². The Morgan fingerprint density at radius 2 is 1.19 bits per heavy atom. The second kappa shape index (κ2) is 19.3. The minimum absolute atomic E-state index is 0.0612. The highest BCUT2D eigenvalue weighted by molar-refractivity contribution is 5.75. The van der Waals surface area contributed by atoms with Crippen molar-refractivity contribution in [1.82, 2.24) is 0 Å². The Kier molecular flexibility index (Phi) is 14.8. The van der Waals surface area contributed by atoms with Gasteiger partial charge in [-0.2, -0.15) is 0 Å². The molecular weight excluding hydrogens is 953 g/mol. The Balaban J connectivity index is 1.09. The minimum Gasteiger partial charge on any atom is -0.481 e. The van der Waals surface area contributed by atoms with Crippen molar-refractivity contribution in [3.63, 3.8) is 0 Å². The lowest BCUT2D eigenvalue weighted by Crippen LogP contribution is -2.68. The third-order valence-corrected chi connectivity index (χ3v) is 20.1. The number of carbonyl (C=O) groups excluding carboxylic acids is 1. The molecule has 8 aliphatic rings. The highest BCUT2D eigenvalue weighted by atomic mass is 16.8. The summed E-state index contributed by atoms with van der Waals surface area (Å²) in [7, 11) is 0. The van der Waals surface area contributed by atoms with Gasteiger partial charge in [-0.15, -0.1) is 0 Å². The summed E-state index contributed by atoms with van der Waals surface area (Å²) in [5.41, 5.74) is -2.58. The molecular formula is C50H76O22. The fourth-order valence-electron chi connectivity index (χ4n) is 15.4. The highest BCUT2D eigenvalue weighted by Gasteiger charge is 2.71. The van der Waals surface area contributed by atoms with Crippen LogP contribution in [0, 0.1) is 50.2 Å². The van der Waals surface area contributed by atoms with Crippen LogP contribution in [0.4, 0.5) is 0 Å². The number of allylic oxidation sites excluding steroid dienone is 2. The summed E-state index contributed by atoms with van der Waals surface area (Å²) in [6, 6.07) is 0. The highest BCUT2D eigenvalue weighted by Crippen LogP contribution is 2.76. The van der Waals surface area contributed by atoms with Gasteiger partial charge in [0.25, 0.3) is 0 Å². The van der Waals surface area contributed by atoms with Crippen LogP contribution < -0.4 is 0 Å². The van der Waals surface area contributed by atoms with Gasteiger partial charge >= 0.3 is 23.9 Å². The standard InChI is InChI=1S/C50H76O22/c1-20-28(53)29(54)34(59)41(66-20)71-38-33(58)31(56)36(40(62)63)70-43(38)72-37-32(57)30(55)35(39(60)61)69-42(37)68-26-12-13-47(5)24(48(26,6)19-51)11-14-50(8)25(47)10-9-22-23-17-45(3,44(64)65)18-27(67-21(2)52)46(23,4)15-16-49(22,50)7/h9,20,23-38,41-43,51,53-59H,10-19H2,1-8H3,(H,60,61)(H,62,63)(H,64,65)/t20-,23+,24-,25-,26+,27-,28-,29+,30+,31+,32+,33+,34+,35+,36+,37-,38-,41-,42+,43+,45-,46-,47+,48-,49-,50-/m1/s1. The van der Waals surface area contributed by atoms with E-state index in [9.17, 15) is 75.3 Å². The number of esters is 1. The summed E-state index contributed by atoms with van der Waals surface area (Å²) in [4.78, 5) is 50.2. The molecule has 3 saturated heterocycles. The van der Waals surface area contributed by atoms with E-state index in [1.807, 2.05) is 6.92 Å². The van der Waals surface area contributed by atoms with Crippen LogP contribution in [-0.2, 0) is 52.3 Å². The predicted molar refractivity (Wildman–Crippen MR) is 243 cm³/mol. The van der Waals surface area contributed by atoms with Gasteiger partial charge in [0.05, 0.1) is 24.2 Å². The number of ether oxygens (including phenoxy) is 7. The summed E-state index contributed by atoms with van der Waals surface area (Å²) in [5.74, 6) is -5.14. The molecule has 0 aromatic carbocycles. The molecule has 4 saturated carbocycles. The molecule has 5 aliphatic carbocycles. The van der Waals surface area contributed by atoms with Crippen LogP contribution in [0.15, 0.2) is 11.6 Å². The Labute approximate surface area is 417 Å². The number of carboxylic acids is 3. The molecule has 0 bridgehead atoms. The summed E-state index contributed by atoms with van der Waals surface area (Å²) < 4.78 is 41.6. The van der Waals surface area contributed by atoms with E-state index in [0.717, 1.165) is 6.42 Å². The number of aliphatic carboxylic acids is 3. The zero-order valence-electron chi connectivity index (χ0n) is 42.1. The smallest absolute Gasteiger partial charge is 0.335 e. The van der Waals surface area contributed by atoms with Gasteiger partial charge in [-0.05, 0) is 99.2 Å². The van der Waals surface area contributed by atoms with Crippen LogP contribution in [0.2, 0.25) is 0 Å². The fraction of sp³-hybridized carbons (Fsp3) is 0.880. The Hall–Kier alpha value is -2.94. The lowest BCUT2D eigenvalue weighted by Gasteiger charge is -2.71. The van der Waals surface area contributed by atoms with E-state index < -0.39 is 156 Å². The first-order valence-corrected chi connectivity index (χ1v) is 25.3. The zero-order valence-corrected chi connectivity index (χ0v) is 42.1. The normalized spacial score (nSPS) is 53.4. The molecule has 26 atom stereocenters. The molecule has 22 heteroatoms. The van der Waals surface area contributed by atoms with Gasteiger partial charge < -0.3 is 89.3 Å². The summed E-state index contributed by atoms with van der Waals surface area (Å²) >= 11 is 0. The van der Waals surface area contributed by atoms with Gasteiger partial charge in [-0.1, -0.05) is 46.3 Å². The van der Waals surface area contributed by atoms with E-state index in [-0.39, 0.29) is 41.4 Å². The predicted octanol–water partition coefficient (Wildman–Crippen LogP) is 0.432. The average Bonchev–Trinajstić information content (AvgIpc) is 3.30. The summed E-state index contributed by atoms with van der Waals surface area (Å²) in [6.07, 6.45) is -23.5. The van der Waals surface area contributed by atoms with E-state index in [0.29, 0.717) is 38.5 Å². The molecule has 0 aromatic rings. The van der Waals surface area contributed by atoms with Gasteiger partial charge in [-0.25, -0.2) is 9.59 Å². The molecule has 0 amide bonds. The number of hydrogen-bond acceptors (Lipinski definition) is 19. The number of carboxylic acid groups (broad SMARTS) is 3. The number of carbonyl (C=O) groups is 4. The first-order valence-electron chi connectivity index (χ1n) is 25.3. The van der Waals surface area contributed by atoms with Crippen molar-refractivity contribution in [3.8, 4) is 0 Å². The zero-order chi connectivity index (χ0) is 53.2. The monoisotopic (exact) mass is 1030 g/mol. The number of aliphatic hydroxyl groups is 8. The van der Waals surface area contributed by atoms with Gasteiger partial charge in [0.15, 0.2) is 31.1 Å². The topological polar surface area (TPSA) is 355 Å². The first-order chi connectivity index (χ1) is 33.4. The van der Waals surface area contributed by atoms with Crippen molar-refractivity contribution in [1.29, 1.82) is 0 Å². The van der Waals surface area contributed by atoms with Gasteiger partial charge in [0.1, 0.15) is 61.0 Å². The van der Waals surface area contributed by atoms with E-state index >= 15 is 0 Å². The maximum Gasteiger partial charge on any atom is 0.335 e.